The van der Waals surface area contributed by atoms with Crippen molar-refractivity contribution in [3.05, 3.63) is 46.9 Å². The molecule has 2 fully saturated rings. The van der Waals surface area contributed by atoms with E-state index in [0.29, 0.717) is 24.6 Å². The first-order valence-corrected chi connectivity index (χ1v) is 12.2. The number of aromatic nitrogens is 2. The molecule has 1 aromatic heterocycles. The molecule has 3 aliphatic rings. The molecule has 1 saturated heterocycles. The molecule has 7 heteroatoms. The molecule has 174 valence electrons. The Morgan fingerprint density at radius 3 is 2.55 bits per heavy atom. The Hall–Kier alpha value is -2.96. The summed E-state index contributed by atoms with van der Waals surface area (Å²) in [5.41, 5.74) is 2.77. The van der Waals surface area contributed by atoms with Crippen molar-refractivity contribution in [2.45, 2.75) is 70.9 Å². The fourth-order valence-electron chi connectivity index (χ4n) is 5.51. The average Bonchev–Trinajstić information content (AvgIpc) is 3.45. The highest BCUT2D eigenvalue weighted by atomic mass is 16.5. The number of methoxy groups -OCH3 is 1. The van der Waals surface area contributed by atoms with Crippen molar-refractivity contribution in [2.75, 3.05) is 18.6 Å². The molecule has 0 spiro atoms. The molecule has 1 saturated carbocycles. The van der Waals surface area contributed by atoms with Crippen molar-refractivity contribution in [3.63, 3.8) is 0 Å². The number of hydrogen-bond donors (Lipinski definition) is 0. The van der Waals surface area contributed by atoms with Crippen LogP contribution in [0.1, 0.15) is 73.6 Å². The fourth-order valence-corrected chi connectivity index (χ4v) is 5.51. The highest BCUT2D eigenvalue weighted by Gasteiger charge is 2.38. The van der Waals surface area contributed by atoms with E-state index in [9.17, 15) is 9.59 Å². The van der Waals surface area contributed by atoms with Gasteiger partial charge in [0.25, 0.3) is 0 Å². The zero-order chi connectivity index (χ0) is 22.9. The van der Waals surface area contributed by atoms with Crippen molar-refractivity contribution in [1.29, 1.82) is 0 Å². The van der Waals surface area contributed by atoms with Gasteiger partial charge in [0.15, 0.2) is 5.82 Å². The summed E-state index contributed by atoms with van der Waals surface area (Å²) in [6.45, 7) is 3.19. The Kier molecular flexibility index (Phi) is 6.04. The van der Waals surface area contributed by atoms with E-state index in [-0.39, 0.29) is 23.8 Å². The number of anilines is 1. The quantitative estimate of drug-likeness (QED) is 0.688. The number of carbonyl (C=O) groups is 2. The number of rotatable bonds is 5. The number of nitrogens with zero attached hydrogens (tertiary/aromatic N) is 4. The molecule has 1 aliphatic carbocycles. The van der Waals surface area contributed by atoms with Gasteiger partial charge in [-0.25, -0.2) is 9.97 Å². The average molecular weight is 449 g/mol. The highest BCUT2D eigenvalue weighted by molar-refractivity contribution is 6.00. The lowest BCUT2D eigenvalue weighted by Gasteiger charge is -2.30. The second kappa shape index (κ2) is 9.12. The largest absolute Gasteiger partial charge is 0.497 e. The third-order valence-corrected chi connectivity index (χ3v) is 7.38. The van der Waals surface area contributed by atoms with Gasteiger partial charge < -0.3 is 9.64 Å². The first kappa shape index (κ1) is 21.9. The highest BCUT2D eigenvalue weighted by Crippen LogP contribution is 2.37. The van der Waals surface area contributed by atoms with Gasteiger partial charge in [-0.05, 0) is 50.3 Å². The molecule has 5 rings (SSSR count). The number of aryl methyl sites for hydroxylation is 1. The van der Waals surface area contributed by atoms with E-state index in [1.165, 1.54) is 6.42 Å². The lowest BCUT2D eigenvalue weighted by Crippen LogP contribution is -2.37. The molecular weight excluding hydrogens is 416 g/mol. The van der Waals surface area contributed by atoms with Gasteiger partial charge >= 0.3 is 0 Å². The molecule has 1 aromatic carbocycles. The van der Waals surface area contributed by atoms with Gasteiger partial charge in [0, 0.05) is 23.7 Å². The maximum atomic E-state index is 13.3. The van der Waals surface area contributed by atoms with Crippen LogP contribution in [0, 0.1) is 12.8 Å². The van der Waals surface area contributed by atoms with Crippen molar-refractivity contribution in [3.8, 4) is 5.75 Å². The zero-order valence-electron chi connectivity index (χ0n) is 19.5. The third-order valence-electron chi connectivity index (χ3n) is 7.38. The number of hydrogen-bond acceptors (Lipinski definition) is 5. The summed E-state index contributed by atoms with van der Waals surface area (Å²) in [4.78, 5) is 39.7. The predicted molar refractivity (Wildman–Crippen MR) is 125 cm³/mol. The lowest BCUT2D eigenvalue weighted by molar-refractivity contribution is -0.137. The van der Waals surface area contributed by atoms with Crippen LogP contribution in [0.4, 0.5) is 5.82 Å². The van der Waals surface area contributed by atoms with E-state index in [1.54, 1.807) is 12.0 Å². The SMILES string of the molecule is COc1ccc(CN2C(=O)Cc3c(C)nc([C@@H]4CCCN4C(=O)C4CCCCC4)nc32)cc1. The number of likely N-dealkylation sites (tertiary alicyclic amines) is 1. The van der Waals surface area contributed by atoms with Gasteiger partial charge in [-0.1, -0.05) is 31.4 Å². The summed E-state index contributed by atoms with van der Waals surface area (Å²) in [5, 5.41) is 0. The van der Waals surface area contributed by atoms with Gasteiger partial charge in [-0.3, -0.25) is 14.5 Å². The van der Waals surface area contributed by atoms with Gasteiger partial charge in [0.1, 0.15) is 11.6 Å². The predicted octanol–water partition coefficient (Wildman–Crippen LogP) is 4.13. The lowest BCUT2D eigenvalue weighted by atomic mass is 9.88. The smallest absolute Gasteiger partial charge is 0.233 e. The summed E-state index contributed by atoms with van der Waals surface area (Å²) in [5.74, 6) is 2.62. The van der Waals surface area contributed by atoms with E-state index in [4.69, 9.17) is 14.7 Å². The van der Waals surface area contributed by atoms with Crippen LogP contribution in [0.5, 0.6) is 5.75 Å². The summed E-state index contributed by atoms with van der Waals surface area (Å²) in [6.07, 6.45) is 7.69. The Morgan fingerprint density at radius 1 is 1.06 bits per heavy atom. The minimum absolute atomic E-state index is 0.0388. The van der Waals surface area contributed by atoms with E-state index in [0.717, 1.165) is 67.6 Å². The minimum atomic E-state index is -0.0954. The molecular formula is C26H32N4O3. The summed E-state index contributed by atoms with van der Waals surface area (Å²) in [7, 11) is 1.64. The molecule has 33 heavy (non-hydrogen) atoms. The minimum Gasteiger partial charge on any atom is -0.497 e. The molecule has 0 bridgehead atoms. The first-order chi connectivity index (χ1) is 16.0. The molecule has 0 radical (unpaired) electrons. The van der Waals surface area contributed by atoms with Gasteiger partial charge in [0.05, 0.1) is 26.1 Å². The monoisotopic (exact) mass is 448 g/mol. The van der Waals surface area contributed by atoms with Crippen molar-refractivity contribution in [2.24, 2.45) is 5.92 Å². The van der Waals surface area contributed by atoms with Crippen molar-refractivity contribution < 1.29 is 14.3 Å². The molecule has 2 aliphatic heterocycles. The fraction of sp³-hybridized carbons (Fsp3) is 0.538. The number of benzene rings is 1. The molecule has 0 unspecified atom stereocenters. The van der Waals surface area contributed by atoms with Crippen LogP contribution in [-0.4, -0.2) is 40.3 Å². The molecule has 0 N–H and O–H groups in total. The molecule has 3 heterocycles. The Morgan fingerprint density at radius 2 is 1.82 bits per heavy atom. The van der Waals surface area contributed by atoms with E-state index >= 15 is 0 Å². The number of ether oxygens (including phenoxy) is 1. The molecule has 2 amide bonds. The van der Waals surface area contributed by atoms with Gasteiger partial charge in [0.2, 0.25) is 11.8 Å². The van der Waals surface area contributed by atoms with E-state index in [1.807, 2.05) is 36.1 Å². The van der Waals surface area contributed by atoms with E-state index in [2.05, 4.69) is 0 Å². The Bertz CT molecular complexity index is 1050. The van der Waals surface area contributed by atoms with Crippen LogP contribution < -0.4 is 9.64 Å². The second-order valence-corrected chi connectivity index (χ2v) is 9.50. The van der Waals surface area contributed by atoms with Crippen LogP contribution in [-0.2, 0) is 22.6 Å². The second-order valence-electron chi connectivity index (χ2n) is 9.50. The Balaban J connectivity index is 1.41. The van der Waals surface area contributed by atoms with Crippen LogP contribution >= 0.6 is 0 Å². The Labute approximate surface area is 195 Å². The first-order valence-electron chi connectivity index (χ1n) is 12.2. The topological polar surface area (TPSA) is 75.6 Å². The number of carbonyl (C=O) groups excluding carboxylic acids is 2. The van der Waals surface area contributed by atoms with Crippen LogP contribution in [0.15, 0.2) is 24.3 Å². The van der Waals surface area contributed by atoms with Gasteiger partial charge in [-0.15, -0.1) is 0 Å². The zero-order valence-corrected chi connectivity index (χ0v) is 19.5. The maximum Gasteiger partial charge on any atom is 0.233 e. The molecule has 2 aromatic rings. The number of amides is 2. The summed E-state index contributed by atoms with van der Waals surface area (Å²) < 4.78 is 5.24. The van der Waals surface area contributed by atoms with Crippen LogP contribution in [0.3, 0.4) is 0 Å². The van der Waals surface area contributed by atoms with Gasteiger partial charge in [-0.2, -0.15) is 0 Å². The van der Waals surface area contributed by atoms with E-state index < -0.39 is 0 Å². The normalized spacial score (nSPS) is 20.9. The third kappa shape index (κ3) is 4.21. The summed E-state index contributed by atoms with van der Waals surface area (Å²) >= 11 is 0. The molecule has 7 nitrogen and oxygen atoms in total. The van der Waals surface area contributed by atoms with Crippen molar-refractivity contribution in [1.82, 2.24) is 14.9 Å². The van der Waals surface area contributed by atoms with Crippen LogP contribution in [0.2, 0.25) is 0 Å². The maximum absolute atomic E-state index is 13.3. The standard InChI is InChI=1S/C26H32N4O3/c1-17-21-15-23(31)30(16-18-10-12-20(33-2)13-11-18)25(21)28-24(27-17)22-9-6-14-29(22)26(32)19-7-4-3-5-8-19/h10-13,19,22H,3-9,14-16H2,1-2H3/t22-/m0/s1. The summed E-state index contributed by atoms with van der Waals surface area (Å²) in [6, 6.07) is 7.66. The van der Waals surface area contributed by atoms with Crippen molar-refractivity contribution >= 4 is 17.6 Å². The van der Waals surface area contributed by atoms with Crippen LogP contribution in [0.25, 0.3) is 0 Å². The number of fused-ring (bicyclic) bond motifs is 1. The molecule has 1 atom stereocenters.